The van der Waals surface area contributed by atoms with E-state index >= 15 is 0 Å². The first-order chi connectivity index (χ1) is 9.99. The molecule has 7 heteroatoms. The highest BCUT2D eigenvalue weighted by atomic mass is 35.5. The van der Waals surface area contributed by atoms with Crippen LogP contribution in [-0.2, 0) is 0 Å². The molecule has 3 nitrogen and oxygen atoms in total. The van der Waals surface area contributed by atoms with Crippen LogP contribution in [0.15, 0.2) is 24.3 Å². The van der Waals surface area contributed by atoms with E-state index in [2.05, 4.69) is 15.6 Å². The predicted octanol–water partition coefficient (Wildman–Crippen LogP) is 5.23. The Kier molecular flexibility index (Phi) is 5.20. The second-order valence-corrected chi connectivity index (χ2v) is 5.23. The highest BCUT2D eigenvalue weighted by Crippen LogP contribution is 2.27. The zero-order chi connectivity index (χ0) is 15.4. The summed E-state index contributed by atoms with van der Waals surface area (Å²) in [5.74, 6) is -1.65. The van der Waals surface area contributed by atoms with Crippen LogP contribution in [0.2, 0.25) is 10.0 Å². The van der Waals surface area contributed by atoms with Gasteiger partial charge in [0.1, 0.15) is 0 Å². The Balaban J connectivity index is 2.30. The molecule has 0 amide bonds. The average Bonchev–Trinajstić information content (AvgIpc) is 2.39. The van der Waals surface area contributed by atoms with Gasteiger partial charge in [0.05, 0.1) is 0 Å². The maximum absolute atomic E-state index is 13.8. The summed E-state index contributed by atoms with van der Waals surface area (Å²) in [7, 11) is 0. The molecule has 0 atom stereocenters. The Hall–Kier alpha value is -1.59. The number of benzene rings is 1. The topological polar surface area (TPSA) is 37.0 Å². The predicted molar refractivity (Wildman–Crippen MR) is 82.7 cm³/mol. The molecule has 1 aromatic heterocycles. The second kappa shape index (κ2) is 6.91. The molecule has 1 heterocycles. The molecular weight excluding hydrogens is 319 g/mol. The number of nitrogens with one attached hydrogen (secondary N) is 2. The van der Waals surface area contributed by atoms with Gasteiger partial charge in [-0.1, -0.05) is 30.1 Å². The molecule has 0 spiro atoms. The molecule has 0 bridgehead atoms. The fourth-order valence-corrected chi connectivity index (χ4v) is 2.21. The van der Waals surface area contributed by atoms with Gasteiger partial charge in [0.2, 0.25) is 0 Å². The Morgan fingerprint density at radius 1 is 1.00 bits per heavy atom. The number of hydrogen-bond donors (Lipinski definition) is 2. The van der Waals surface area contributed by atoms with E-state index in [1.807, 2.05) is 6.92 Å². The van der Waals surface area contributed by atoms with Crippen LogP contribution in [0.3, 0.4) is 0 Å². The van der Waals surface area contributed by atoms with Crippen molar-refractivity contribution in [3.8, 4) is 0 Å². The molecule has 0 saturated heterocycles. The molecule has 0 aliphatic rings. The number of halogens is 4. The van der Waals surface area contributed by atoms with E-state index in [1.165, 1.54) is 0 Å². The van der Waals surface area contributed by atoms with Crippen molar-refractivity contribution in [2.24, 2.45) is 0 Å². The zero-order valence-corrected chi connectivity index (χ0v) is 12.7. The van der Waals surface area contributed by atoms with E-state index < -0.39 is 11.6 Å². The molecule has 2 N–H and O–H groups in total. The minimum Gasteiger partial charge on any atom is -0.368 e. The monoisotopic (exact) mass is 331 g/mol. The van der Waals surface area contributed by atoms with Crippen molar-refractivity contribution in [1.29, 1.82) is 0 Å². The summed E-state index contributed by atoms with van der Waals surface area (Å²) in [5, 5.41) is 6.33. The summed E-state index contributed by atoms with van der Waals surface area (Å²) in [5.41, 5.74) is 0.465. The Morgan fingerprint density at radius 2 is 1.62 bits per heavy atom. The van der Waals surface area contributed by atoms with E-state index in [1.54, 1.807) is 18.2 Å². The minimum absolute atomic E-state index is 0.00567. The lowest BCUT2D eigenvalue weighted by atomic mass is 10.3. The minimum atomic E-state index is -0.800. The van der Waals surface area contributed by atoms with Crippen molar-refractivity contribution in [3.05, 3.63) is 45.9 Å². The van der Waals surface area contributed by atoms with Crippen LogP contribution < -0.4 is 10.6 Å². The molecule has 1 aromatic carbocycles. The van der Waals surface area contributed by atoms with E-state index in [0.717, 1.165) is 12.5 Å². The fourth-order valence-electron chi connectivity index (χ4n) is 1.68. The van der Waals surface area contributed by atoms with Gasteiger partial charge in [-0.2, -0.15) is 0 Å². The van der Waals surface area contributed by atoms with Gasteiger partial charge >= 0.3 is 0 Å². The Labute approximate surface area is 131 Å². The highest BCUT2D eigenvalue weighted by Gasteiger charge is 2.12. The highest BCUT2D eigenvalue weighted by molar-refractivity contribution is 6.35. The van der Waals surface area contributed by atoms with Crippen molar-refractivity contribution in [2.45, 2.75) is 13.3 Å². The van der Waals surface area contributed by atoms with Crippen LogP contribution in [0, 0.1) is 11.6 Å². The van der Waals surface area contributed by atoms with Gasteiger partial charge in [0.25, 0.3) is 0 Å². The zero-order valence-electron chi connectivity index (χ0n) is 11.2. The number of pyridine rings is 1. The Bertz CT molecular complexity index is 630. The van der Waals surface area contributed by atoms with Crippen LogP contribution in [0.4, 0.5) is 26.1 Å². The molecule has 2 aromatic rings. The van der Waals surface area contributed by atoms with Gasteiger partial charge < -0.3 is 10.6 Å². The van der Waals surface area contributed by atoms with Gasteiger partial charge in [-0.05, 0) is 24.6 Å². The summed E-state index contributed by atoms with van der Waals surface area (Å²) < 4.78 is 27.4. The first kappa shape index (κ1) is 15.8. The van der Waals surface area contributed by atoms with E-state index in [0.29, 0.717) is 22.3 Å². The first-order valence-corrected chi connectivity index (χ1v) is 7.08. The normalized spacial score (nSPS) is 10.5. The van der Waals surface area contributed by atoms with E-state index in [4.69, 9.17) is 23.2 Å². The van der Waals surface area contributed by atoms with Crippen LogP contribution in [0.25, 0.3) is 0 Å². The molecule has 0 radical (unpaired) electrons. The number of nitrogens with zero attached hydrogens (tertiary/aromatic N) is 1. The third kappa shape index (κ3) is 4.19. The lowest BCUT2D eigenvalue weighted by Gasteiger charge is -2.11. The molecule has 21 heavy (non-hydrogen) atoms. The molecular formula is C14H13Cl2F2N3. The standard InChI is InChI=1S/C14H13Cl2F2N3/c1-2-3-19-13-11(17)7-12(18)14(21-13)20-10-5-8(15)4-9(16)6-10/h4-7H,2-3H2,1H3,(H2,19,20,21). The Morgan fingerprint density at radius 3 is 2.24 bits per heavy atom. The third-order valence-corrected chi connectivity index (χ3v) is 3.03. The SMILES string of the molecule is CCCNc1nc(Nc2cc(Cl)cc(Cl)c2)c(F)cc1F. The molecule has 112 valence electrons. The molecule has 0 saturated carbocycles. The maximum Gasteiger partial charge on any atom is 0.169 e. The van der Waals surface area contributed by atoms with Gasteiger partial charge in [0.15, 0.2) is 23.3 Å². The van der Waals surface area contributed by atoms with Crippen molar-refractivity contribution in [1.82, 2.24) is 4.98 Å². The van der Waals surface area contributed by atoms with E-state index in [-0.39, 0.29) is 11.6 Å². The maximum atomic E-state index is 13.8. The number of aromatic nitrogens is 1. The van der Waals surface area contributed by atoms with Crippen molar-refractivity contribution in [2.75, 3.05) is 17.2 Å². The number of rotatable bonds is 5. The summed E-state index contributed by atoms with van der Waals surface area (Å²) in [6.45, 7) is 2.47. The number of anilines is 3. The average molecular weight is 332 g/mol. The summed E-state index contributed by atoms with van der Waals surface area (Å²) in [6, 6.07) is 5.46. The molecule has 0 aliphatic heterocycles. The molecule has 2 rings (SSSR count). The third-order valence-electron chi connectivity index (χ3n) is 2.60. The molecule has 0 unspecified atom stereocenters. The lowest BCUT2D eigenvalue weighted by Crippen LogP contribution is -2.07. The van der Waals surface area contributed by atoms with Crippen LogP contribution >= 0.6 is 23.2 Å². The first-order valence-electron chi connectivity index (χ1n) is 6.32. The van der Waals surface area contributed by atoms with Crippen molar-refractivity contribution < 1.29 is 8.78 Å². The molecule has 0 aliphatic carbocycles. The van der Waals surface area contributed by atoms with Gasteiger partial charge in [0, 0.05) is 28.3 Å². The summed E-state index contributed by atoms with van der Waals surface area (Å²) in [4.78, 5) is 3.91. The van der Waals surface area contributed by atoms with Crippen LogP contribution in [0.1, 0.15) is 13.3 Å². The fraction of sp³-hybridized carbons (Fsp3) is 0.214. The largest absolute Gasteiger partial charge is 0.368 e. The number of hydrogen-bond acceptors (Lipinski definition) is 3. The van der Waals surface area contributed by atoms with Crippen molar-refractivity contribution >= 4 is 40.5 Å². The van der Waals surface area contributed by atoms with Gasteiger partial charge in [-0.15, -0.1) is 0 Å². The van der Waals surface area contributed by atoms with Crippen molar-refractivity contribution in [3.63, 3.8) is 0 Å². The van der Waals surface area contributed by atoms with Crippen LogP contribution in [0.5, 0.6) is 0 Å². The molecule has 0 fully saturated rings. The lowest BCUT2D eigenvalue weighted by molar-refractivity contribution is 0.579. The van der Waals surface area contributed by atoms with Gasteiger partial charge in [-0.25, -0.2) is 13.8 Å². The van der Waals surface area contributed by atoms with Gasteiger partial charge in [-0.3, -0.25) is 0 Å². The van der Waals surface area contributed by atoms with Crippen LogP contribution in [-0.4, -0.2) is 11.5 Å². The van der Waals surface area contributed by atoms with E-state index in [9.17, 15) is 8.78 Å². The quantitative estimate of drug-likeness (QED) is 0.787. The second-order valence-electron chi connectivity index (χ2n) is 4.36. The summed E-state index contributed by atoms with van der Waals surface area (Å²) >= 11 is 11.7. The smallest absolute Gasteiger partial charge is 0.169 e. The summed E-state index contributed by atoms with van der Waals surface area (Å²) in [6.07, 6.45) is 0.797.